The number of hydrogen-bond acceptors (Lipinski definition) is 4. The van der Waals surface area contributed by atoms with Gasteiger partial charge in [-0.3, -0.25) is 9.79 Å². The second-order valence-electron chi connectivity index (χ2n) is 6.07. The molecule has 1 aromatic heterocycles. The minimum absolute atomic E-state index is 0.0253. The highest BCUT2D eigenvalue weighted by Gasteiger charge is 2.04. The van der Waals surface area contributed by atoms with Crippen molar-refractivity contribution in [3.63, 3.8) is 0 Å². The highest BCUT2D eigenvalue weighted by atomic mass is 16.5. The van der Waals surface area contributed by atoms with Crippen molar-refractivity contribution < 1.29 is 9.47 Å². The number of nitrogens with two attached hydrogens (primary N) is 1. The van der Waals surface area contributed by atoms with E-state index in [9.17, 15) is 4.79 Å². The number of rotatable bonds is 10. The molecule has 3 N–H and O–H groups in total. The maximum Gasteiger partial charge on any atom is 0.250 e. The molecule has 27 heavy (non-hydrogen) atoms. The number of aromatic nitrogens is 1. The summed E-state index contributed by atoms with van der Waals surface area (Å²) in [6, 6.07) is 11.0. The largest absolute Gasteiger partial charge is 0.493 e. The number of nitrogens with zero attached hydrogens (tertiary/aromatic N) is 2. The Bertz CT molecular complexity index is 802. The Balaban J connectivity index is 1.67. The molecule has 1 heterocycles. The molecule has 2 aromatic rings. The van der Waals surface area contributed by atoms with Gasteiger partial charge in [0.25, 0.3) is 0 Å². The van der Waals surface area contributed by atoms with E-state index in [1.807, 2.05) is 24.3 Å². The van der Waals surface area contributed by atoms with Crippen LogP contribution >= 0.6 is 0 Å². The van der Waals surface area contributed by atoms with Crippen molar-refractivity contribution in [2.24, 2.45) is 10.7 Å². The van der Waals surface area contributed by atoms with Gasteiger partial charge in [-0.05, 0) is 43.0 Å². The molecule has 0 saturated carbocycles. The van der Waals surface area contributed by atoms with Crippen LogP contribution in [0.5, 0.6) is 11.5 Å². The molecule has 146 valence electrons. The second-order valence-corrected chi connectivity index (χ2v) is 6.07. The lowest BCUT2D eigenvalue weighted by atomic mass is 10.1. The van der Waals surface area contributed by atoms with E-state index < -0.39 is 0 Å². The molecular weight excluding hydrogens is 344 g/mol. The zero-order valence-electron chi connectivity index (χ0n) is 16.0. The first-order valence-corrected chi connectivity index (χ1v) is 9.04. The van der Waals surface area contributed by atoms with Crippen molar-refractivity contribution in [1.82, 2.24) is 9.88 Å². The topological polar surface area (TPSA) is 90.9 Å². The Hall–Kier alpha value is -2.96. The fourth-order valence-electron chi connectivity index (χ4n) is 2.67. The van der Waals surface area contributed by atoms with Crippen LogP contribution in [0, 0.1) is 0 Å². The van der Waals surface area contributed by atoms with Crippen molar-refractivity contribution in [1.29, 1.82) is 0 Å². The zero-order valence-corrected chi connectivity index (χ0v) is 16.0. The summed E-state index contributed by atoms with van der Waals surface area (Å²) in [6.07, 6.45) is 4.36. The summed E-state index contributed by atoms with van der Waals surface area (Å²) in [6.45, 7) is 2.02. The quantitative estimate of drug-likeness (QED) is 0.377. The van der Waals surface area contributed by atoms with Crippen molar-refractivity contribution in [2.75, 3.05) is 27.3 Å². The summed E-state index contributed by atoms with van der Waals surface area (Å²) in [5.74, 6) is 1.87. The molecule has 0 radical (unpaired) electrons. The number of nitrogens with one attached hydrogen (secondary N) is 1. The minimum Gasteiger partial charge on any atom is -0.493 e. The Labute approximate surface area is 159 Å². The number of aliphatic imine (C=N–C) groups is 1. The SMILES string of the molecule is COc1ccc(CCNC(N)=NCCCCn2ccccc2=O)cc1OC. The summed E-state index contributed by atoms with van der Waals surface area (Å²) in [5, 5.41) is 3.12. The first-order valence-electron chi connectivity index (χ1n) is 9.04. The first kappa shape index (κ1) is 20.4. The lowest BCUT2D eigenvalue weighted by Crippen LogP contribution is -2.33. The summed E-state index contributed by atoms with van der Waals surface area (Å²) in [7, 11) is 3.24. The van der Waals surface area contributed by atoms with E-state index in [1.165, 1.54) is 0 Å². The predicted octanol–water partition coefficient (Wildman–Crippen LogP) is 1.79. The lowest BCUT2D eigenvalue weighted by Gasteiger charge is -2.10. The van der Waals surface area contributed by atoms with E-state index in [0.29, 0.717) is 37.1 Å². The van der Waals surface area contributed by atoms with Crippen molar-refractivity contribution >= 4 is 5.96 Å². The van der Waals surface area contributed by atoms with E-state index in [2.05, 4.69) is 10.3 Å². The molecule has 0 atom stereocenters. The van der Waals surface area contributed by atoms with Gasteiger partial charge in [0.2, 0.25) is 5.56 Å². The van der Waals surface area contributed by atoms with Gasteiger partial charge in [0.05, 0.1) is 14.2 Å². The molecule has 0 spiro atoms. The average Bonchev–Trinajstić information content (AvgIpc) is 2.69. The van der Waals surface area contributed by atoms with Crippen LogP contribution in [-0.4, -0.2) is 37.8 Å². The number of pyridine rings is 1. The number of hydrogen-bond donors (Lipinski definition) is 2. The van der Waals surface area contributed by atoms with Crippen LogP contribution in [0.1, 0.15) is 18.4 Å². The summed E-state index contributed by atoms with van der Waals surface area (Å²) in [4.78, 5) is 15.9. The Kier molecular flexibility index (Phi) is 8.22. The maximum absolute atomic E-state index is 11.6. The van der Waals surface area contributed by atoms with E-state index in [0.717, 1.165) is 24.8 Å². The minimum atomic E-state index is 0.0253. The molecule has 7 nitrogen and oxygen atoms in total. The molecule has 0 amide bonds. The number of benzene rings is 1. The van der Waals surface area contributed by atoms with Crippen molar-refractivity contribution in [2.45, 2.75) is 25.8 Å². The maximum atomic E-state index is 11.6. The number of unbranched alkanes of at least 4 members (excludes halogenated alkanes) is 1. The number of aryl methyl sites for hydroxylation is 1. The number of guanidine groups is 1. The standard InChI is InChI=1S/C20H28N4O3/c1-26-17-9-8-16(15-18(17)27-2)10-12-23-20(21)22-11-4-6-14-24-13-5-3-7-19(24)25/h3,5,7-9,13,15H,4,6,10-12,14H2,1-2H3,(H3,21,22,23). The average molecular weight is 372 g/mol. The first-order chi connectivity index (χ1) is 13.1. The van der Waals surface area contributed by atoms with Crippen LogP contribution in [0.3, 0.4) is 0 Å². The van der Waals surface area contributed by atoms with Crippen LogP contribution in [-0.2, 0) is 13.0 Å². The normalized spacial score (nSPS) is 11.3. The van der Waals surface area contributed by atoms with Gasteiger partial charge < -0.3 is 25.1 Å². The third kappa shape index (κ3) is 6.69. The van der Waals surface area contributed by atoms with Crippen LogP contribution in [0.4, 0.5) is 0 Å². The van der Waals surface area contributed by atoms with E-state index >= 15 is 0 Å². The van der Waals surface area contributed by atoms with Gasteiger partial charge in [0.1, 0.15) is 0 Å². The fraction of sp³-hybridized carbons (Fsp3) is 0.400. The molecule has 0 aliphatic rings. The molecule has 7 heteroatoms. The zero-order chi connectivity index (χ0) is 19.5. The highest BCUT2D eigenvalue weighted by molar-refractivity contribution is 5.77. The van der Waals surface area contributed by atoms with E-state index in [4.69, 9.17) is 15.2 Å². The van der Waals surface area contributed by atoms with Gasteiger partial charge in [-0.2, -0.15) is 0 Å². The molecule has 0 unspecified atom stereocenters. The van der Waals surface area contributed by atoms with Gasteiger partial charge in [-0.25, -0.2) is 0 Å². The van der Waals surface area contributed by atoms with Gasteiger partial charge in [0.15, 0.2) is 17.5 Å². The van der Waals surface area contributed by atoms with Gasteiger partial charge in [-0.1, -0.05) is 12.1 Å². The molecular formula is C20H28N4O3. The second kappa shape index (κ2) is 10.9. The number of methoxy groups -OCH3 is 2. The lowest BCUT2D eigenvalue weighted by molar-refractivity contribution is 0.354. The molecule has 2 rings (SSSR count). The molecule has 0 aliphatic carbocycles. The van der Waals surface area contributed by atoms with E-state index in [-0.39, 0.29) is 5.56 Å². The molecule has 0 fully saturated rings. The van der Waals surface area contributed by atoms with Crippen molar-refractivity contribution in [3.8, 4) is 11.5 Å². The fourth-order valence-corrected chi connectivity index (χ4v) is 2.67. The Morgan fingerprint density at radius 3 is 2.70 bits per heavy atom. The summed E-state index contributed by atoms with van der Waals surface area (Å²) < 4.78 is 12.2. The predicted molar refractivity (Wildman–Crippen MR) is 108 cm³/mol. The highest BCUT2D eigenvalue weighted by Crippen LogP contribution is 2.27. The van der Waals surface area contributed by atoms with Gasteiger partial charge >= 0.3 is 0 Å². The van der Waals surface area contributed by atoms with Gasteiger partial charge in [-0.15, -0.1) is 0 Å². The Morgan fingerprint density at radius 2 is 1.96 bits per heavy atom. The van der Waals surface area contributed by atoms with Crippen LogP contribution in [0.2, 0.25) is 0 Å². The smallest absolute Gasteiger partial charge is 0.250 e. The molecule has 1 aromatic carbocycles. The van der Waals surface area contributed by atoms with Crippen LogP contribution in [0.25, 0.3) is 0 Å². The molecule has 0 aliphatic heterocycles. The monoisotopic (exact) mass is 372 g/mol. The summed E-state index contributed by atoms with van der Waals surface area (Å²) >= 11 is 0. The van der Waals surface area contributed by atoms with Crippen LogP contribution in [0.15, 0.2) is 52.4 Å². The van der Waals surface area contributed by atoms with Gasteiger partial charge in [0, 0.05) is 31.9 Å². The summed E-state index contributed by atoms with van der Waals surface area (Å²) in [5.41, 5.74) is 7.05. The third-order valence-corrected chi connectivity index (χ3v) is 4.16. The molecule has 0 saturated heterocycles. The molecule has 0 bridgehead atoms. The third-order valence-electron chi connectivity index (χ3n) is 4.16. The van der Waals surface area contributed by atoms with Crippen molar-refractivity contribution in [3.05, 3.63) is 58.5 Å². The van der Waals surface area contributed by atoms with E-state index in [1.54, 1.807) is 37.1 Å². The number of ether oxygens (including phenoxy) is 2. The van der Waals surface area contributed by atoms with Crippen LogP contribution < -0.4 is 26.1 Å². The Morgan fingerprint density at radius 1 is 1.15 bits per heavy atom.